The molecule has 1 aliphatic rings. The number of aliphatic carboxylic acids is 1. The van der Waals surface area contributed by atoms with Gasteiger partial charge in [0, 0.05) is 5.92 Å². The lowest BCUT2D eigenvalue weighted by molar-refractivity contribution is -0.142. The minimum absolute atomic E-state index is 0.197. The van der Waals surface area contributed by atoms with Crippen LogP contribution in [-0.4, -0.2) is 25.8 Å². The molecule has 82 valence electrons. The molecular formula is C10H15N3O2. The Kier molecular flexibility index (Phi) is 2.06. The van der Waals surface area contributed by atoms with Crippen molar-refractivity contribution < 1.29 is 9.90 Å². The minimum atomic E-state index is -0.771. The van der Waals surface area contributed by atoms with Gasteiger partial charge in [0.2, 0.25) is 0 Å². The Bertz CT molecular complexity index is 405. The molecule has 1 N–H and O–H groups in total. The second-order valence-electron chi connectivity index (χ2n) is 4.43. The Labute approximate surface area is 88.1 Å². The average molecular weight is 209 g/mol. The van der Waals surface area contributed by atoms with Crippen molar-refractivity contribution in [3.8, 4) is 0 Å². The van der Waals surface area contributed by atoms with Crippen molar-refractivity contribution in [1.29, 1.82) is 0 Å². The molecule has 0 saturated heterocycles. The number of hydrogen-bond acceptors (Lipinski definition) is 3. The molecule has 0 atom stereocenters. The summed E-state index contributed by atoms with van der Waals surface area (Å²) in [5.41, 5.74) is -0.757. The van der Waals surface area contributed by atoms with E-state index < -0.39 is 11.5 Å². The molecule has 1 aromatic heterocycles. The van der Waals surface area contributed by atoms with Gasteiger partial charge in [-0.15, -0.1) is 10.2 Å². The number of rotatable bonds is 3. The van der Waals surface area contributed by atoms with Gasteiger partial charge in [-0.2, -0.15) is 0 Å². The summed E-state index contributed by atoms with van der Waals surface area (Å²) >= 11 is 0. The lowest BCUT2D eigenvalue weighted by atomic mass is 10.1. The van der Waals surface area contributed by atoms with Gasteiger partial charge in [0.05, 0.1) is 0 Å². The van der Waals surface area contributed by atoms with Crippen LogP contribution in [0.5, 0.6) is 0 Å². The molecule has 0 spiro atoms. The van der Waals surface area contributed by atoms with Gasteiger partial charge in [-0.05, 0) is 19.8 Å². The van der Waals surface area contributed by atoms with Crippen molar-refractivity contribution in [3.05, 3.63) is 11.6 Å². The van der Waals surface area contributed by atoms with E-state index in [0.717, 1.165) is 5.82 Å². The number of carbonyl (C=O) groups is 1. The first-order valence-electron chi connectivity index (χ1n) is 5.15. The van der Waals surface area contributed by atoms with E-state index in [4.69, 9.17) is 0 Å². The lowest BCUT2D eigenvalue weighted by Crippen LogP contribution is -2.30. The van der Waals surface area contributed by atoms with Crippen molar-refractivity contribution in [2.45, 2.75) is 45.1 Å². The highest BCUT2D eigenvalue weighted by molar-refractivity contribution is 5.80. The fraction of sp³-hybridized carbons (Fsp3) is 0.700. The Balaban J connectivity index is 2.52. The predicted molar refractivity (Wildman–Crippen MR) is 53.7 cm³/mol. The molecule has 0 radical (unpaired) electrons. The molecule has 2 rings (SSSR count). The number of carboxylic acid groups (broad SMARTS) is 1. The molecular weight excluding hydrogens is 194 g/mol. The molecule has 0 amide bonds. The van der Waals surface area contributed by atoms with Crippen molar-refractivity contribution in [2.75, 3.05) is 0 Å². The average Bonchev–Trinajstić information content (AvgIpc) is 2.85. The van der Waals surface area contributed by atoms with E-state index in [1.807, 2.05) is 20.8 Å². The zero-order valence-corrected chi connectivity index (χ0v) is 9.19. The van der Waals surface area contributed by atoms with Gasteiger partial charge in [0.1, 0.15) is 17.2 Å². The summed E-state index contributed by atoms with van der Waals surface area (Å²) in [5, 5.41) is 17.3. The molecule has 1 aliphatic carbocycles. The Morgan fingerprint density at radius 2 is 2.07 bits per heavy atom. The van der Waals surface area contributed by atoms with Crippen LogP contribution in [0.1, 0.15) is 44.3 Å². The molecule has 1 fully saturated rings. The molecule has 0 aromatic carbocycles. The van der Waals surface area contributed by atoms with E-state index in [-0.39, 0.29) is 5.92 Å². The van der Waals surface area contributed by atoms with Crippen molar-refractivity contribution in [1.82, 2.24) is 14.8 Å². The minimum Gasteiger partial charge on any atom is -0.479 e. The van der Waals surface area contributed by atoms with Crippen LogP contribution in [0, 0.1) is 6.92 Å². The topological polar surface area (TPSA) is 68.0 Å². The van der Waals surface area contributed by atoms with Gasteiger partial charge in [0.15, 0.2) is 0 Å². The Morgan fingerprint density at radius 1 is 1.47 bits per heavy atom. The van der Waals surface area contributed by atoms with Crippen LogP contribution in [0.2, 0.25) is 0 Å². The fourth-order valence-electron chi connectivity index (χ4n) is 1.93. The molecule has 1 aromatic rings. The van der Waals surface area contributed by atoms with E-state index in [0.29, 0.717) is 18.7 Å². The first-order chi connectivity index (χ1) is 6.99. The third-order valence-electron chi connectivity index (χ3n) is 2.92. The highest BCUT2D eigenvalue weighted by Crippen LogP contribution is 2.45. The number of carboxylic acids is 1. The number of aromatic nitrogens is 3. The summed E-state index contributed by atoms with van der Waals surface area (Å²) < 4.78 is 1.79. The van der Waals surface area contributed by atoms with Crippen LogP contribution in [0.4, 0.5) is 0 Å². The van der Waals surface area contributed by atoms with Gasteiger partial charge < -0.3 is 5.11 Å². The van der Waals surface area contributed by atoms with Gasteiger partial charge in [0.25, 0.3) is 0 Å². The number of hydrogen-bond donors (Lipinski definition) is 1. The quantitative estimate of drug-likeness (QED) is 0.814. The summed E-state index contributed by atoms with van der Waals surface area (Å²) in [4.78, 5) is 11.2. The summed E-state index contributed by atoms with van der Waals surface area (Å²) in [6.07, 6.45) is 1.36. The maximum atomic E-state index is 11.2. The van der Waals surface area contributed by atoms with E-state index in [9.17, 15) is 9.90 Å². The van der Waals surface area contributed by atoms with E-state index in [2.05, 4.69) is 10.2 Å². The van der Waals surface area contributed by atoms with Gasteiger partial charge in [-0.3, -0.25) is 4.57 Å². The van der Waals surface area contributed by atoms with E-state index in [1.165, 1.54) is 0 Å². The molecule has 5 nitrogen and oxygen atoms in total. The highest BCUT2D eigenvalue weighted by atomic mass is 16.4. The van der Waals surface area contributed by atoms with Gasteiger partial charge in [-0.1, -0.05) is 13.8 Å². The maximum absolute atomic E-state index is 11.2. The van der Waals surface area contributed by atoms with Gasteiger partial charge >= 0.3 is 5.97 Å². The second-order valence-corrected chi connectivity index (χ2v) is 4.43. The highest BCUT2D eigenvalue weighted by Gasteiger charge is 2.54. The molecule has 0 unspecified atom stereocenters. The molecule has 0 aliphatic heterocycles. The SMILES string of the molecule is Cc1nnc(C(C)C)n1C1(C(=O)O)CC1. The molecule has 1 saturated carbocycles. The molecule has 0 bridgehead atoms. The largest absolute Gasteiger partial charge is 0.479 e. The summed E-state index contributed by atoms with van der Waals surface area (Å²) in [6, 6.07) is 0. The zero-order chi connectivity index (χ0) is 11.2. The first-order valence-corrected chi connectivity index (χ1v) is 5.15. The van der Waals surface area contributed by atoms with E-state index >= 15 is 0 Å². The Morgan fingerprint density at radius 3 is 2.47 bits per heavy atom. The van der Waals surface area contributed by atoms with Crippen LogP contribution < -0.4 is 0 Å². The molecule has 1 heterocycles. The van der Waals surface area contributed by atoms with Crippen LogP contribution >= 0.6 is 0 Å². The third-order valence-corrected chi connectivity index (χ3v) is 2.92. The summed E-state index contributed by atoms with van der Waals surface area (Å²) in [6.45, 7) is 5.80. The third kappa shape index (κ3) is 1.33. The lowest BCUT2D eigenvalue weighted by Gasteiger charge is -2.17. The molecule has 15 heavy (non-hydrogen) atoms. The van der Waals surface area contributed by atoms with Crippen LogP contribution in [0.25, 0.3) is 0 Å². The van der Waals surface area contributed by atoms with Crippen molar-refractivity contribution >= 4 is 5.97 Å². The second kappa shape index (κ2) is 3.05. The number of aryl methyl sites for hydroxylation is 1. The van der Waals surface area contributed by atoms with Crippen molar-refractivity contribution in [3.63, 3.8) is 0 Å². The Hall–Kier alpha value is -1.39. The van der Waals surface area contributed by atoms with Crippen LogP contribution in [-0.2, 0) is 10.3 Å². The standard InChI is InChI=1S/C10H15N3O2/c1-6(2)8-12-11-7(3)13(8)10(4-5-10)9(14)15/h6H,4-5H2,1-3H3,(H,14,15). The molecule has 5 heteroatoms. The van der Waals surface area contributed by atoms with Gasteiger partial charge in [-0.25, -0.2) is 4.79 Å². The monoisotopic (exact) mass is 209 g/mol. The summed E-state index contributed by atoms with van der Waals surface area (Å²) in [5.74, 6) is 0.890. The predicted octanol–water partition coefficient (Wildman–Crippen LogP) is 1.28. The van der Waals surface area contributed by atoms with Crippen LogP contribution in [0.3, 0.4) is 0 Å². The number of nitrogens with zero attached hydrogens (tertiary/aromatic N) is 3. The van der Waals surface area contributed by atoms with E-state index in [1.54, 1.807) is 4.57 Å². The maximum Gasteiger partial charge on any atom is 0.329 e. The first kappa shape index (κ1) is 10.1. The fourth-order valence-corrected chi connectivity index (χ4v) is 1.93. The normalized spacial score (nSPS) is 18.1. The smallest absolute Gasteiger partial charge is 0.329 e. The zero-order valence-electron chi connectivity index (χ0n) is 9.19. The van der Waals surface area contributed by atoms with Crippen LogP contribution in [0.15, 0.2) is 0 Å². The summed E-state index contributed by atoms with van der Waals surface area (Å²) in [7, 11) is 0. The van der Waals surface area contributed by atoms with Crippen molar-refractivity contribution in [2.24, 2.45) is 0 Å².